The van der Waals surface area contributed by atoms with Gasteiger partial charge in [0.05, 0.1) is 17.1 Å². The Labute approximate surface area is 166 Å². The molecular formula is C21H26N2O4S. The number of benzene rings is 2. The zero-order valence-corrected chi connectivity index (χ0v) is 17.1. The van der Waals surface area contributed by atoms with Crippen LogP contribution in [0.2, 0.25) is 0 Å². The Hall–Kier alpha value is -2.67. The van der Waals surface area contributed by atoms with Crippen LogP contribution in [-0.2, 0) is 25.8 Å². The fourth-order valence-corrected chi connectivity index (χ4v) is 3.62. The van der Waals surface area contributed by atoms with E-state index < -0.39 is 15.9 Å². The Kier molecular flexibility index (Phi) is 7.34. The van der Waals surface area contributed by atoms with Gasteiger partial charge in [-0.3, -0.25) is 9.59 Å². The van der Waals surface area contributed by atoms with Gasteiger partial charge in [0.15, 0.2) is 9.84 Å². The molecule has 7 heteroatoms. The summed E-state index contributed by atoms with van der Waals surface area (Å²) in [6, 6.07) is 14.7. The molecule has 2 aromatic carbocycles. The number of nitrogens with one attached hydrogen (secondary N) is 2. The lowest BCUT2D eigenvalue weighted by atomic mass is 10.0. The summed E-state index contributed by atoms with van der Waals surface area (Å²) in [6.45, 7) is 5.24. The van der Waals surface area contributed by atoms with Crippen molar-refractivity contribution >= 4 is 27.3 Å². The standard InChI is InChI=1S/C21H26N2O4S/c1-4-28(26,27)18-12-8-11-17(14-18)22-21(25)20(15(2)3)23-19(24)13-16-9-6-5-7-10-16/h5-12,14-15,20H,4,13H2,1-3H3,(H,22,25)(H,23,24). The van der Waals surface area contributed by atoms with Crippen LogP contribution in [0, 0.1) is 5.92 Å². The first-order chi connectivity index (χ1) is 13.2. The molecule has 0 bridgehead atoms. The van der Waals surface area contributed by atoms with Crippen LogP contribution in [0.25, 0.3) is 0 Å². The van der Waals surface area contributed by atoms with Crippen molar-refractivity contribution in [2.24, 2.45) is 5.92 Å². The monoisotopic (exact) mass is 402 g/mol. The lowest BCUT2D eigenvalue weighted by molar-refractivity contribution is -0.127. The lowest BCUT2D eigenvalue weighted by Gasteiger charge is -2.22. The maximum atomic E-state index is 12.7. The molecule has 2 rings (SSSR count). The molecule has 0 radical (unpaired) electrons. The summed E-state index contributed by atoms with van der Waals surface area (Å²) < 4.78 is 24.1. The third-order valence-electron chi connectivity index (χ3n) is 4.31. The van der Waals surface area contributed by atoms with Crippen LogP contribution >= 0.6 is 0 Å². The van der Waals surface area contributed by atoms with Crippen molar-refractivity contribution in [2.45, 2.75) is 38.1 Å². The number of rotatable bonds is 8. The Balaban J connectivity index is 2.09. The van der Waals surface area contributed by atoms with Gasteiger partial charge >= 0.3 is 0 Å². The van der Waals surface area contributed by atoms with Crippen molar-refractivity contribution in [2.75, 3.05) is 11.1 Å². The summed E-state index contributed by atoms with van der Waals surface area (Å²) >= 11 is 0. The highest BCUT2D eigenvalue weighted by Gasteiger charge is 2.24. The van der Waals surface area contributed by atoms with E-state index in [1.807, 2.05) is 44.2 Å². The van der Waals surface area contributed by atoms with E-state index in [2.05, 4.69) is 10.6 Å². The van der Waals surface area contributed by atoms with Gasteiger partial charge in [-0.25, -0.2) is 8.42 Å². The topological polar surface area (TPSA) is 92.3 Å². The SMILES string of the molecule is CCS(=O)(=O)c1cccc(NC(=O)C(NC(=O)Cc2ccccc2)C(C)C)c1. The molecule has 0 spiro atoms. The van der Waals surface area contributed by atoms with Crippen LogP contribution in [0.3, 0.4) is 0 Å². The minimum absolute atomic E-state index is 0.0193. The van der Waals surface area contributed by atoms with Gasteiger partial charge in [0.2, 0.25) is 11.8 Å². The number of sulfone groups is 1. The molecule has 0 saturated carbocycles. The van der Waals surface area contributed by atoms with Crippen LogP contribution in [-0.4, -0.2) is 32.0 Å². The Morgan fingerprint density at radius 2 is 1.68 bits per heavy atom. The average Bonchev–Trinajstić information content (AvgIpc) is 2.66. The minimum atomic E-state index is -3.37. The molecule has 0 heterocycles. The number of anilines is 1. The fourth-order valence-electron chi connectivity index (χ4n) is 2.69. The van der Waals surface area contributed by atoms with Gasteiger partial charge in [0, 0.05) is 5.69 Å². The van der Waals surface area contributed by atoms with Crippen LogP contribution in [0.4, 0.5) is 5.69 Å². The molecule has 2 N–H and O–H groups in total. The van der Waals surface area contributed by atoms with Crippen molar-refractivity contribution in [3.63, 3.8) is 0 Å². The molecule has 28 heavy (non-hydrogen) atoms. The second-order valence-electron chi connectivity index (χ2n) is 6.87. The predicted octanol–water partition coefficient (Wildman–Crippen LogP) is 2.80. The third-order valence-corrected chi connectivity index (χ3v) is 6.05. The van der Waals surface area contributed by atoms with E-state index in [4.69, 9.17) is 0 Å². The molecule has 1 unspecified atom stereocenters. The number of hydrogen-bond donors (Lipinski definition) is 2. The molecule has 150 valence electrons. The van der Waals surface area contributed by atoms with Crippen LogP contribution in [0.15, 0.2) is 59.5 Å². The maximum Gasteiger partial charge on any atom is 0.247 e. The predicted molar refractivity (Wildman–Crippen MR) is 110 cm³/mol. The lowest BCUT2D eigenvalue weighted by Crippen LogP contribution is -2.47. The van der Waals surface area contributed by atoms with E-state index in [0.717, 1.165) is 5.56 Å². The van der Waals surface area contributed by atoms with E-state index in [1.54, 1.807) is 19.1 Å². The molecular weight excluding hydrogens is 376 g/mol. The molecule has 0 fully saturated rings. The third kappa shape index (κ3) is 5.92. The molecule has 0 saturated heterocycles. The largest absolute Gasteiger partial charge is 0.344 e. The zero-order valence-electron chi connectivity index (χ0n) is 16.3. The smallest absolute Gasteiger partial charge is 0.247 e. The molecule has 2 amide bonds. The minimum Gasteiger partial charge on any atom is -0.344 e. The van der Waals surface area contributed by atoms with Gasteiger partial charge in [-0.15, -0.1) is 0 Å². The molecule has 2 aromatic rings. The van der Waals surface area contributed by atoms with Gasteiger partial charge in [0.25, 0.3) is 0 Å². The number of carbonyl (C=O) groups is 2. The van der Waals surface area contributed by atoms with E-state index in [0.29, 0.717) is 5.69 Å². The van der Waals surface area contributed by atoms with E-state index in [9.17, 15) is 18.0 Å². The van der Waals surface area contributed by atoms with Crippen LogP contribution in [0.5, 0.6) is 0 Å². The maximum absolute atomic E-state index is 12.7. The second-order valence-corrected chi connectivity index (χ2v) is 9.15. The van der Waals surface area contributed by atoms with E-state index >= 15 is 0 Å². The summed E-state index contributed by atoms with van der Waals surface area (Å²) in [5, 5.41) is 5.48. The average molecular weight is 403 g/mol. The van der Waals surface area contributed by atoms with Gasteiger partial charge in [0.1, 0.15) is 6.04 Å². The second kappa shape index (κ2) is 9.50. The van der Waals surface area contributed by atoms with Crippen LogP contribution < -0.4 is 10.6 Å². The highest BCUT2D eigenvalue weighted by molar-refractivity contribution is 7.91. The number of carbonyl (C=O) groups excluding carboxylic acids is 2. The van der Waals surface area contributed by atoms with E-state index in [-0.39, 0.29) is 34.8 Å². The number of amides is 2. The van der Waals surface area contributed by atoms with Crippen molar-refractivity contribution in [1.82, 2.24) is 5.32 Å². The quantitative estimate of drug-likeness (QED) is 0.710. The van der Waals surface area contributed by atoms with Gasteiger partial charge in [-0.1, -0.05) is 57.2 Å². The molecule has 1 atom stereocenters. The van der Waals surface area contributed by atoms with Gasteiger partial charge < -0.3 is 10.6 Å². The first kappa shape index (κ1) is 21.6. The van der Waals surface area contributed by atoms with Crippen LogP contribution in [0.1, 0.15) is 26.3 Å². The first-order valence-corrected chi connectivity index (χ1v) is 10.8. The highest BCUT2D eigenvalue weighted by Crippen LogP contribution is 2.17. The number of hydrogen-bond acceptors (Lipinski definition) is 4. The van der Waals surface area contributed by atoms with Crippen molar-refractivity contribution in [3.8, 4) is 0 Å². The van der Waals surface area contributed by atoms with Gasteiger partial charge in [-0.2, -0.15) is 0 Å². The Morgan fingerprint density at radius 1 is 1.00 bits per heavy atom. The molecule has 0 aliphatic rings. The fraction of sp³-hybridized carbons (Fsp3) is 0.333. The Morgan fingerprint density at radius 3 is 2.29 bits per heavy atom. The summed E-state index contributed by atoms with van der Waals surface area (Å²) in [5.74, 6) is -0.790. The van der Waals surface area contributed by atoms with Crippen molar-refractivity contribution in [3.05, 3.63) is 60.2 Å². The zero-order chi connectivity index (χ0) is 20.7. The highest BCUT2D eigenvalue weighted by atomic mass is 32.2. The summed E-state index contributed by atoms with van der Waals surface area (Å²) in [5.41, 5.74) is 1.24. The van der Waals surface area contributed by atoms with Crippen molar-refractivity contribution in [1.29, 1.82) is 0 Å². The molecule has 0 aromatic heterocycles. The molecule has 0 aliphatic heterocycles. The van der Waals surface area contributed by atoms with Crippen molar-refractivity contribution < 1.29 is 18.0 Å². The summed E-state index contributed by atoms with van der Waals surface area (Å²) in [4.78, 5) is 25.2. The normalized spacial score (nSPS) is 12.4. The van der Waals surface area contributed by atoms with Gasteiger partial charge in [-0.05, 0) is 29.7 Å². The Bertz CT molecular complexity index is 924. The summed E-state index contributed by atoms with van der Waals surface area (Å²) in [6.07, 6.45) is 0.182. The molecule has 0 aliphatic carbocycles. The van der Waals surface area contributed by atoms with E-state index in [1.165, 1.54) is 12.1 Å². The summed E-state index contributed by atoms with van der Waals surface area (Å²) in [7, 11) is -3.37. The molecule has 6 nitrogen and oxygen atoms in total. The first-order valence-electron chi connectivity index (χ1n) is 9.20.